The van der Waals surface area contributed by atoms with Crippen molar-refractivity contribution in [3.8, 4) is 0 Å². The highest BCUT2D eigenvalue weighted by Gasteiger charge is 2.19. The third kappa shape index (κ3) is 48.8. The Morgan fingerprint density at radius 1 is 0.311 bits per heavy atom. The molecule has 1 unspecified atom stereocenters. The van der Waals surface area contributed by atoms with Crippen molar-refractivity contribution >= 4 is 17.9 Å². The van der Waals surface area contributed by atoms with Crippen LogP contribution in [0.1, 0.15) is 290 Å². The van der Waals surface area contributed by atoms with Gasteiger partial charge in [0.15, 0.2) is 6.10 Å². The topological polar surface area (TPSA) is 78.9 Å². The first-order valence-electron chi connectivity index (χ1n) is 26.8. The Bertz CT molecular complexity index is 989. The first-order valence-corrected chi connectivity index (χ1v) is 26.8. The Balaban J connectivity index is 4.31. The van der Waals surface area contributed by atoms with Crippen LogP contribution in [-0.4, -0.2) is 37.2 Å². The summed E-state index contributed by atoms with van der Waals surface area (Å²) in [7, 11) is 0. The fourth-order valence-electron chi connectivity index (χ4n) is 7.84. The minimum atomic E-state index is -0.775. The number of esters is 3. The van der Waals surface area contributed by atoms with Crippen LogP contribution in [0.3, 0.4) is 0 Å². The van der Waals surface area contributed by atoms with E-state index in [0.29, 0.717) is 19.3 Å². The van der Waals surface area contributed by atoms with Crippen LogP contribution in [0, 0.1) is 0 Å². The average Bonchev–Trinajstić information content (AvgIpc) is 3.26. The van der Waals surface area contributed by atoms with Crippen LogP contribution >= 0.6 is 0 Å². The Kier molecular flexibility index (Phi) is 48.8. The van der Waals surface area contributed by atoms with Gasteiger partial charge in [0, 0.05) is 19.3 Å². The first kappa shape index (κ1) is 58.9. The highest BCUT2D eigenvalue weighted by Crippen LogP contribution is 2.15. The van der Waals surface area contributed by atoms with Gasteiger partial charge in [-0.3, -0.25) is 14.4 Å². The predicted molar refractivity (Wildman–Crippen MR) is 261 cm³/mol. The molecule has 0 aliphatic rings. The fraction of sp³-hybridized carbons (Fsp3) is 0.873. The van der Waals surface area contributed by atoms with Crippen LogP contribution in [0.25, 0.3) is 0 Å². The van der Waals surface area contributed by atoms with Gasteiger partial charge in [-0.25, -0.2) is 0 Å². The third-order valence-corrected chi connectivity index (χ3v) is 11.9. The van der Waals surface area contributed by atoms with Crippen molar-refractivity contribution in [1.82, 2.24) is 0 Å². The van der Waals surface area contributed by atoms with E-state index < -0.39 is 6.10 Å². The van der Waals surface area contributed by atoms with Crippen molar-refractivity contribution < 1.29 is 28.6 Å². The Hall–Kier alpha value is -2.11. The lowest BCUT2D eigenvalue weighted by atomic mass is 10.1. The number of carbonyl (C=O) groups is 3. The monoisotopic (exact) mass is 859 g/mol. The van der Waals surface area contributed by atoms with Gasteiger partial charge in [-0.2, -0.15) is 0 Å². The highest BCUT2D eigenvalue weighted by molar-refractivity contribution is 5.71. The van der Waals surface area contributed by atoms with E-state index >= 15 is 0 Å². The van der Waals surface area contributed by atoms with Crippen LogP contribution in [0.4, 0.5) is 0 Å². The minimum Gasteiger partial charge on any atom is -0.462 e. The Morgan fingerprint density at radius 3 is 0.836 bits per heavy atom. The quantitative estimate of drug-likeness (QED) is 0.0262. The summed E-state index contributed by atoms with van der Waals surface area (Å²) in [6.07, 6.45) is 57.4. The van der Waals surface area contributed by atoms with E-state index in [9.17, 15) is 14.4 Å². The lowest BCUT2D eigenvalue weighted by Gasteiger charge is -2.18. The zero-order valence-corrected chi connectivity index (χ0v) is 40.9. The van der Waals surface area contributed by atoms with E-state index in [-0.39, 0.29) is 31.1 Å². The molecule has 0 rings (SSSR count). The molecule has 0 aromatic heterocycles. The maximum absolute atomic E-state index is 12.8. The molecule has 6 heteroatoms. The first-order chi connectivity index (χ1) is 30.0. The molecule has 0 aliphatic heterocycles. The molecule has 0 aliphatic carbocycles. The van der Waals surface area contributed by atoms with Gasteiger partial charge in [0.2, 0.25) is 0 Å². The van der Waals surface area contributed by atoms with Crippen LogP contribution in [0.2, 0.25) is 0 Å². The largest absolute Gasteiger partial charge is 0.462 e. The minimum absolute atomic E-state index is 0.0751. The second-order valence-electron chi connectivity index (χ2n) is 18.1. The van der Waals surface area contributed by atoms with E-state index in [4.69, 9.17) is 14.2 Å². The Labute approximate surface area is 379 Å². The lowest BCUT2D eigenvalue weighted by Crippen LogP contribution is -2.30. The normalized spacial score (nSPS) is 12.1. The van der Waals surface area contributed by atoms with Gasteiger partial charge < -0.3 is 14.2 Å². The maximum Gasteiger partial charge on any atom is 0.306 e. The fourth-order valence-corrected chi connectivity index (χ4v) is 7.84. The molecule has 0 aromatic rings. The van der Waals surface area contributed by atoms with Crippen molar-refractivity contribution in [3.05, 3.63) is 24.3 Å². The average molecular weight is 859 g/mol. The third-order valence-electron chi connectivity index (χ3n) is 11.9. The van der Waals surface area contributed by atoms with E-state index in [0.717, 1.165) is 70.6 Å². The van der Waals surface area contributed by atoms with Crippen molar-refractivity contribution in [2.75, 3.05) is 13.2 Å². The number of allylic oxidation sites excluding steroid dienone is 4. The van der Waals surface area contributed by atoms with Gasteiger partial charge in [-0.1, -0.05) is 225 Å². The molecule has 1 atom stereocenters. The second-order valence-corrected chi connectivity index (χ2v) is 18.1. The zero-order chi connectivity index (χ0) is 44.4. The number of unbranched alkanes of at least 4 members (excludes halogenated alkanes) is 34. The Morgan fingerprint density at radius 2 is 0.541 bits per heavy atom. The van der Waals surface area contributed by atoms with Crippen LogP contribution in [0.15, 0.2) is 24.3 Å². The van der Waals surface area contributed by atoms with Crippen LogP contribution in [0.5, 0.6) is 0 Å². The van der Waals surface area contributed by atoms with Crippen LogP contribution in [-0.2, 0) is 28.6 Å². The molecule has 0 aromatic carbocycles. The molecule has 0 saturated carbocycles. The number of carbonyl (C=O) groups excluding carboxylic acids is 3. The zero-order valence-electron chi connectivity index (χ0n) is 40.9. The van der Waals surface area contributed by atoms with Crippen molar-refractivity contribution in [3.63, 3.8) is 0 Å². The number of hydrogen-bond acceptors (Lipinski definition) is 6. The van der Waals surface area contributed by atoms with Crippen molar-refractivity contribution in [2.45, 2.75) is 297 Å². The summed E-state index contributed by atoms with van der Waals surface area (Å²) < 4.78 is 16.8. The molecule has 0 N–H and O–H groups in total. The summed E-state index contributed by atoms with van der Waals surface area (Å²) in [6.45, 7) is 6.63. The molecule has 0 fully saturated rings. The molecule has 0 radical (unpaired) electrons. The molecular weight excluding hydrogens is 757 g/mol. The summed E-state index contributed by atoms with van der Waals surface area (Å²) >= 11 is 0. The van der Waals surface area contributed by atoms with E-state index in [1.165, 1.54) is 180 Å². The van der Waals surface area contributed by atoms with Crippen molar-refractivity contribution in [2.24, 2.45) is 0 Å². The van der Waals surface area contributed by atoms with Gasteiger partial charge >= 0.3 is 17.9 Å². The smallest absolute Gasteiger partial charge is 0.306 e. The summed E-state index contributed by atoms with van der Waals surface area (Å²) in [4.78, 5) is 37.9. The summed E-state index contributed by atoms with van der Waals surface area (Å²) in [5.41, 5.74) is 0. The molecule has 6 nitrogen and oxygen atoms in total. The molecule has 0 saturated heterocycles. The molecule has 0 heterocycles. The maximum atomic E-state index is 12.8. The van der Waals surface area contributed by atoms with Gasteiger partial charge in [-0.05, 0) is 70.6 Å². The molecule has 358 valence electrons. The highest BCUT2D eigenvalue weighted by atomic mass is 16.6. The van der Waals surface area contributed by atoms with E-state index in [1.807, 2.05) is 0 Å². The van der Waals surface area contributed by atoms with E-state index in [1.54, 1.807) is 0 Å². The molecule has 0 amide bonds. The second kappa shape index (κ2) is 50.5. The molecule has 61 heavy (non-hydrogen) atoms. The predicted octanol–water partition coefficient (Wildman–Crippen LogP) is 17.5. The number of rotatable bonds is 49. The van der Waals surface area contributed by atoms with Crippen molar-refractivity contribution in [1.29, 1.82) is 0 Å². The van der Waals surface area contributed by atoms with Gasteiger partial charge in [0.25, 0.3) is 0 Å². The van der Waals surface area contributed by atoms with Crippen LogP contribution < -0.4 is 0 Å². The summed E-state index contributed by atoms with van der Waals surface area (Å²) in [6, 6.07) is 0. The van der Waals surface area contributed by atoms with Gasteiger partial charge in [0.05, 0.1) is 0 Å². The number of ether oxygens (including phenoxy) is 3. The lowest BCUT2D eigenvalue weighted by molar-refractivity contribution is -0.167. The van der Waals surface area contributed by atoms with E-state index in [2.05, 4.69) is 45.1 Å². The van der Waals surface area contributed by atoms with Gasteiger partial charge in [0.1, 0.15) is 13.2 Å². The number of hydrogen-bond donors (Lipinski definition) is 0. The molecule has 0 spiro atoms. The summed E-state index contributed by atoms with van der Waals surface area (Å²) in [5.74, 6) is -0.883. The SMILES string of the molecule is CCCCCCCC/C=C\CCCCCC(=O)OC(COC(=O)CCCCCCCCC/C=C\CCCCCCCCCC)COC(=O)CCCCCCCCCCCCC. The summed E-state index contributed by atoms with van der Waals surface area (Å²) in [5, 5.41) is 0. The standard InChI is InChI=1S/C55H102O6/c1-4-7-10-13-16-19-22-24-25-26-27-28-29-31-33-36-39-42-45-48-54(57)60-51-52(50-59-53(56)47-44-41-38-35-32-21-18-15-12-9-6-3)61-55(58)49-46-43-40-37-34-30-23-20-17-14-11-8-5-2/h26-27,30,34,52H,4-25,28-29,31-33,35-51H2,1-3H3/b27-26-,34-30-. The van der Waals surface area contributed by atoms with Gasteiger partial charge in [-0.15, -0.1) is 0 Å². The molecule has 0 bridgehead atoms. The molecular formula is C55H102O6.